The van der Waals surface area contributed by atoms with Gasteiger partial charge >= 0.3 is 0 Å². The lowest BCUT2D eigenvalue weighted by molar-refractivity contribution is 0.780. The van der Waals surface area contributed by atoms with E-state index in [4.69, 9.17) is 17.3 Å². The number of aromatic nitrogens is 3. The van der Waals surface area contributed by atoms with Crippen molar-refractivity contribution in [3.63, 3.8) is 0 Å². The summed E-state index contributed by atoms with van der Waals surface area (Å²) in [6.07, 6.45) is 0.733. The predicted molar refractivity (Wildman–Crippen MR) is 64.2 cm³/mol. The van der Waals surface area contributed by atoms with Gasteiger partial charge in [-0.15, -0.1) is 10.2 Å². The number of halogens is 1. The van der Waals surface area contributed by atoms with Gasteiger partial charge in [-0.3, -0.25) is 0 Å². The van der Waals surface area contributed by atoms with Crippen molar-refractivity contribution in [1.29, 1.82) is 0 Å². The van der Waals surface area contributed by atoms with Gasteiger partial charge in [0, 0.05) is 24.1 Å². The molecule has 0 fully saturated rings. The van der Waals surface area contributed by atoms with E-state index in [1.807, 2.05) is 35.9 Å². The van der Waals surface area contributed by atoms with Crippen LogP contribution < -0.4 is 5.73 Å². The van der Waals surface area contributed by atoms with Crippen molar-refractivity contribution in [3.8, 4) is 11.4 Å². The maximum atomic E-state index is 5.83. The fourth-order valence-electron chi connectivity index (χ4n) is 1.56. The van der Waals surface area contributed by atoms with Crippen LogP contribution in [-0.2, 0) is 13.5 Å². The van der Waals surface area contributed by atoms with Crippen molar-refractivity contribution < 1.29 is 0 Å². The van der Waals surface area contributed by atoms with E-state index in [1.165, 1.54) is 0 Å². The van der Waals surface area contributed by atoms with Crippen LogP contribution in [0.4, 0.5) is 0 Å². The minimum Gasteiger partial charge on any atom is -0.330 e. The van der Waals surface area contributed by atoms with Crippen LogP contribution in [0.3, 0.4) is 0 Å². The molecular weight excluding hydrogens is 224 g/mol. The van der Waals surface area contributed by atoms with Gasteiger partial charge in [-0.05, 0) is 30.8 Å². The monoisotopic (exact) mass is 236 g/mol. The Bertz CT molecular complexity index is 475. The van der Waals surface area contributed by atoms with Gasteiger partial charge in [0.05, 0.1) is 0 Å². The van der Waals surface area contributed by atoms with Gasteiger partial charge in [-0.2, -0.15) is 0 Å². The molecule has 5 heteroatoms. The van der Waals surface area contributed by atoms with E-state index >= 15 is 0 Å². The normalized spacial score (nSPS) is 10.7. The Labute approximate surface area is 99.1 Å². The topological polar surface area (TPSA) is 56.7 Å². The Balaban J connectivity index is 2.37. The smallest absolute Gasteiger partial charge is 0.163 e. The third kappa shape index (κ3) is 2.08. The van der Waals surface area contributed by atoms with E-state index < -0.39 is 0 Å². The van der Waals surface area contributed by atoms with Crippen molar-refractivity contribution in [1.82, 2.24) is 14.8 Å². The van der Waals surface area contributed by atoms with Crippen molar-refractivity contribution in [2.24, 2.45) is 12.8 Å². The van der Waals surface area contributed by atoms with E-state index in [2.05, 4.69) is 10.2 Å². The van der Waals surface area contributed by atoms with E-state index in [1.54, 1.807) is 0 Å². The van der Waals surface area contributed by atoms with E-state index in [0.29, 0.717) is 11.6 Å². The number of benzene rings is 1. The number of rotatable bonds is 3. The molecular formula is C11H13ClN4. The van der Waals surface area contributed by atoms with E-state index in [0.717, 1.165) is 23.6 Å². The van der Waals surface area contributed by atoms with Crippen LogP contribution in [0.5, 0.6) is 0 Å². The zero-order chi connectivity index (χ0) is 11.5. The lowest BCUT2D eigenvalue weighted by Gasteiger charge is -2.03. The molecule has 2 N–H and O–H groups in total. The minimum absolute atomic E-state index is 0.576. The Morgan fingerprint density at radius 3 is 2.56 bits per heavy atom. The zero-order valence-corrected chi connectivity index (χ0v) is 9.78. The standard InChI is InChI=1S/C11H13ClN4/c1-16-10(6-7-13)14-15-11(16)8-2-4-9(12)5-3-8/h2-5H,6-7,13H2,1H3. The first-order chi connectivity index (χ1) is 7.72. The van der Waals surface area contributed by atoms with E-state index in [9.17, 15) is 0 Å². The molecule has 0 spiro atoms. The van der Waals surface area contributed by atoms with Gasteiger partial charge < -0.3 is 10.3 Å². The quantitative estimate of drug-likeness (QED) is 0.882. The summed E-state index contributed by atoms with van der Waals surface area (Å²) < 4.78 is 1.95. The molecule has 0 radical (unpaired) electrons. The highest BCUT2D eigenvalue weighted by atomic mass is 35.5. The van der Waals surface area contributed by atoms with Crippen LogP contribution in [0, 0.1) is 0 Å². The fraction of sp³-hybridized carbons (Fsp3) is 0.273. The highest BCUT2D eigenvalue weighted by Gasteiger charge is 2.09. The second-order valence-corrected chi connectivity index (χ2v) is 3.98. The Kier molecular flexibility index (Phi) is 3.22. The molecule has 0 bridgehead atoms. The number of nitrogens with zero attached hydrogens (tertiary/aromatic N) is 3. The number of hydrogen-bond donors (Lipinski definition) is 1. The van der Waals surface area contributed by atoms with Crippen LogP contribution in [0.15, 0.2) is 24.3 Å². The lowest BCUT2D eigenvalue weighted by atomic mass is 10.2. The molecule has 84 valence electrons. The summed E-state index contributed by atoms with van der Waals surface area (Å²) in [4.78, 5) is 0. The Morgan fingerprint density at radius 2 is 1.94 bits per heavy atom. The molecule has 1 heterocycles. The van der Waals surface area contributed by atoms with Gasteiger partial charge in [-0.25, -0.2) is 0 Å². The van der Waals surface area contributed by atoms with Crippen molar-refractivity contribution in [3.05, 3.63) is 35.1 Å². The molecule has 2 rings (SSSR count). The molecule has 2 aromatic rings. The number of nitrogens with two attached hydrogens (primary N) is 1. The second kappa shape index (κ2) is 4.63. The third-order valence-electron chi connectivity index (χ3n) is 2.44. The summed E-state index contributed by atoms with van der Waals surface area (Å²) in [6, 6.07) is 7.54. The maximum Gasteiger partial charge on any atom is 0.163 e. The zero-order valence-electron chi connectivity index (χ0n) is 9.02. The highest BCUT2D eigenvalue weighted by Crippen LogP contribution is 2.19. The second-order valence-electron chi connectivity index (χ2n) is 3.54. The molecule has 0 aliphatic heterocycles. The molecule has 0 saturated heterocycles. The minimum atomic E-state index is 0.576. The molecule has 4 nitrogen and oxygen atoms in total. The third-order valence-corrected chi connectivity index (χ3v) is 2.69. The molecule has 0 aliphatic carbocycles. The first-order valence-electron chi connectivity index (χ1n) is 5.06. The fourth-order valence-corrected chi connectivity index (χ4v) is 1.68. The van der Waals surface area contributed by atoms with Gasteiger partial charge in [0.15, 0.2) is 5.82 Å². The molecule has 1 aromatic heterocycles. The van der Waals surface area contributed by atoms with Gasteiger partial charge in [-0.1, -0.05) is 11.6 Å². The molecule has 0 saturated carbocycles. The van der Waals surface area contributed by atoms with E-state index in [-0.39, 0.29) is 0 Å². The largest absolute Gasteiger partial charge is 0.330 e. The first-order valence-corrected chi connectivity index (χ1v) is 5.44. The van der Waals surface area contributed by atoms with Crippen LogP contribution in [0.1, 0.15) is 5.82 Å². The van der Waals surface area contributed by atoms with Crippen molar-refractivity contribution in [2.45, 2.75) is 6.42 Å². The average Bonchev–Trinajstić information content (AvgIpc) is 2.63. The summed E-state index contributed by atoms with van der Waals surface area (Å²) in [7, 11) is 1.94. The molecule has 1 aromatic carbocycles. The Morgan fingerprint density at radius 1 is 1.25 bits per heavy atom. The van der Waals surface area contributed by atoms with Crippen molar-refractivity contribution >= 4 is 11.6 Å². The molecule has 0 atom stereocenters. The summed E-state index contributed by atoms with van der Waals surface area (Å²) in [5.41, 5.74) is 6.50. The van der Waals surface area contributed by atoms with Gasteiger partial charge in [0.25, 0.3) is 0 Å². The molecule has 0 aliphatic rings. The summed E-state index contributed by atoms with van der Waals surface area (Å²) in [5, 5.41) is 8.97. The van der Waals surface area contributed by atoms with Crippen LogP contribution in [0.2, 0.25) is 5.02 Å². The molecule has 16 heavy (non-hydrogen) atoms. The highest BCUT2D eigenvalue weighted by molar-refractivity contribution is 6.30. The summed E-state index contributed by atoms with van der Waals surface area (Å²) in [5.74, 6) is 1.73. The SMILES string of the molecule is Cn1c(CCN)nnc1-c1ccc(Cl)cc1. The predicted octanol–water partition coefficient (Wildman–Crippen LogP) is 1.64. The average molecular weight is 237 g/mol. The lowest BCUT2D eigenvalue weighted by Crippen LogP contribution is -2.08. The summed E-state index contributed by atoms with van der Waals surface area (Å²) in [6.45, 7) is 0.576. The number of hydrogen-bond acceptors (Lipinski definition) is 3. The maximum absolute atomic E-state index is 5.83. The molecule has 0 amide bonds. The van der Waals surface area contributed by atoms with Crippen LogP contribution in [-0.4, -0.2) is 21.3 Å². The van der Waals surface area contributed by atoms with Crippen LogP contribution >= 0.6 is 11.6 Å². The Hall–Kier alpha value is -1.39. The summed E-state index contributed by atoms with van der Waals surface area (Å²) >= 11 is 5.83. The first kappa shape index (κ1) is 11.1. The van der Waals surface area contributed by atoms with Gasteiger partial charge in [0.1, 0.15) is 5.82 Å². The van der Waals surface area contributed by atoms with Crippen molar-refractivity contribution in [2.75, 3.05) is 6.54 Å². The molecule has 0 unspecified atom stereocenters. The van der Waals surface area contributed by atoms with Gasteiger partial charge in [0.2, 0.25) is 0 Å². The van der Waals surface area contributed by atoms with Crippen LogP contribution in [0.25, 0.3) is 11.4 Å².